The van der Waals surface area contributed by atoms with Crippen LogP contribution in [0.4, 0.5) is 0 Å². The second-order valence-electron chi connectivity index (χ2n) is 2.67. The van der Waals surface area contributed by atoms with E-state index in [1.807, 2.05) is 30.3 Å². The van der Waals surface area contributed by atoms with E-state index in [4.69, 9.17) is 0 Å². The second-order valence-corrected chi connectivity index (χ2v) is 3.13. The first-order valence-corrected chi connectivity index (χ1v) is 4.64. The molecule has 0 aliphatic carbocycles. The number of rotatable bonds is 4. The number of aliphatic carboxylic acids is 1. The maximum absolute atomic E-state index is 10.5. The van der Waals surface area contributed by atoms with Gasteiger partial charge in [-0.15, -0.1) is 0 Å². The van der Waals surface area contributed by atoms with Gasteiger partial charge in [-0.1, -0.05) is 30.3 Å². The Morgan fingerprint density at radius 1 is 1.46 bits per heavy atom. The average Bonchev–Trinajstić information content (AvgIpc) is 2.15. The number of carboxylic acids is 1. The lowest BCUT2D eigenvalue weighted by Gasteiger charge is -2.15. The van der Waals surface area contributed by atoms with Crippen molar-refractivity contribution in [2.45, 2.75) is 12.5 Å². The van der Waals surface area contributed by atoms with Crippen LogP contribution in [-0.4, -0.2) is 12.0 Å². The summed E-state index contributed by atoms with van der Waals surface area (Å²) in [6.45, 7) is 0. The minimum absolute atomic E-state index is 0.411. The largest absolute Gasteiger partial charge is 0.548 e. The summed E-state index contributed by atoms with van der Waals surface area (Å²) < 4.78 is 2.50. The highest BCUT2D eigenvalue weighted by atomic mass is 79.9. The van der Waals surface area contributed by atoms with Crippen LogP contribution in [0.15, 0.2) is 30.3 Å². The molecule has 0 saturated carbocycles. The van der Waals surface area contributed by atoms with E-state index in [9.17, 15) is 9.90 Å². The fourth-order valence-electron chi connectivity index (χ4n) is 1.02. The molecule has 0 bridgehead atoms. The van der Waals surface area contributed by atoms with Crippen LogP contribution in [0.3, 0.4) is 0 Å². The summed E-state index contributed by atoms with van der Waals surface area (Å²) in [5, 5.41) is 10.5. The molecule has 0 spiro atoms. The smallest absolute Gasteiger partial charge is 0.0610 e. The third kappa shape index (κ3) is 3.16. The van der Waals surface area contributed by atoms with Gasteiger partial charge in [0.2, 0.25) is 0 Å². The van der Waals surface area contributed by atoms with Gasteiger partial charge in [0.15, 0.2) is 0 Å². The van der Waals surface area contributed by atoms with Gasteiger partial charge in [-0.3, -0.25) is 0 Å². The SMILES string of the molecule is O=C([O-])[C@H](Cc1ccccc1)NBr. The summed E-state index contributed by atoms with van der Waals surface area (Å²) in [5.41, 5.74) is 0.962. The fourth-order valence-corrected chi connectivity index (χ4v) is 1.37. The first kappa shape index (κ1) is 10.2. The second kappa shape index (κ2) is 4.99. The number of carbonyl (C=O) groups excluding carboxylic acids is 1. The highest BCUT2D eigenvalue weighted by Gasteiger charge is 2.07. The zero-order valence-corrected chi connectivity index (χ0v) is 8.45. The molecule has 70 valence electrons. The molecule has 0 aliphatic rings. The zero-order valence-electron chi connectivity index (χ0n) is 6.87. The number of benzene rings is 1. The van der Waals surface area contributed by atoms with Gasteiger partial charge in [-0.05, 0) is 12.0 Å². The summed E-state index contributed by atoms with van der Waals surface area (Å²) in [7, 11) is 0. The van der Waals surface area contributed by atoms with E-state index in [0.29, 0.717) is 6.42 Å². The van der Waals surface area contributed by atoms with Crippen LogP contribution in [-0.2, 0) is 11.2 Å². The third-order valence-corrected chi connectivity index (χ3v) is 2.25. The van der Waals surface area contributed by atoms with Crippen molar-refractivity contribution in [3.8, 4) is 0 Å². The van der Waals surface area contributed by atoms with Gasteiger partial charge in [0.1, 0.15) is 0 Å². The predicted octanol–water partition coefficient (Wildman–Crippen LogP) is 0.247. The zero-order chi connectivity index (χ0) is 9.68. The van der Waals surface area contributed by atoms with Crippen LogP contribution in [0, 0.1) is 0 Å². The van der Waals surface area contributed by atoms with Gasteiger partial charge in [0.25, 0.3) is 0 Å². The molecule has 0 saturated heterocycles. The minimum atomic E-state index is -1.11. The number of hydrogen-bond acceptors (Lipinski definition) is 3. The fraction of sp³-hybridized carbons (Fsp3) is 0.222. The number of hydrogen-bond donors (Lipinski definition) is 1. The third-order valence-electron chi connectivity index (χ3n) is 1.70. The highest BCUT2D eigenvalue weighted by Crippen LogP contribution is 2.03. The van der Waals surface area contributed by atoms with Crippen LogP contribution >= 0.6 is 16.1 Å². The maximum atomic E-state index is 10.5. The van der Waals surface area contributed by atoms with Crippen molar-refractivity contribution >= 4 is 22.1 Å². The van der Waals surface area contributed by atoms with Gasteiger partial charge in [-0.2, -0.15) is 0 Å². The lowest BCUT2D eigenvalue weighted by molar-refractivity contribution is -0.307. The number of nitrogens with one attached hydrogen (secondary N) is 1. The monoisotopic (exact) mass is 242 g/mol. The van der Waals surface area contributed by atoms with Gasteiger partial charge in [-0.25, -0.2) is 4.34 Å². The average molecular weight is 243 g/mol. The number of halogens is 1. The topological polar surface area (TPSA) is 52.2 Å². The molecule has 1 aromatic rings. The molecule has 0 unspecified atom stereocenters. The lowest BCUT2D eigenvalue weighted by Crippen LogP contribution is -2.43. The van der Waals surface area contributed by atoms with Crippen LogP contribution in [0.5, 0.6) is 0 Å². The van der Waals surface area contributed by atoms with E-state index >= 15 is 0 Å². The van der Waals surface area contributed by atoms with E-state index in [-0.39, 0.29) is 0 Å². The molecule has 1 aromatic carbocycles. The van der Waals surface area contributed by atoms with Crippen molar-refractivity contribution in [3.05, 3.63) is 35.9 Å². The summed E-state index contributed by atoms with van der Waals surface area (Å²) in [6, 6.07) is 8.69. The first-order chi connectivity index (χ1) is 6.24. The standard InChI is InChI=1S/C9H10BrNO2/c10-11-8(9(12)13)6-7-4-2-1-3-5-7/h1-5,8,11H,6H2,(H,12,13)/p-1/t8-/m0/s1. The van der Waals surface area contributed by atoms with Gasteiger partial charge in [0, 0.05) is 16.1 Å². The number of carboxylic acid groups (broad SMARTS) is 1. The van der Waals surface area contributed by atoms with Crippen molar-refractivity contribution in [1.29, 1.82) is 0 Å². The molecule has 1 N–H and O–H groups in total. The molecule has 1 rings (SSSR count). The van der Waals surface area contributed by atoms with Crippen LogP contribution in [0.2, 0.25) is 0 Å². The Hall–Kier alpha value is -0.870. The summed E-state index contributed by atoms with van der Waals surface area (Å²) >= 11 is 2.90. The summed E-state index contributed by atoms with van der Waals surface area (Å²) in [4.78, 5) is 10.5. The summed E-state index contributed by atoms with van der Waals surface area (Å²) in [6.07, 6.45) is 0.411. The Morgan fingerprint density at radius 3 is 2.54 bits per heavy atom. The maximum Gasteiger partial charge on any atom is 0.0610 e. The molecule has 0 fully saturated rings. The lowest BCUT2D eigenvalue weighted by atomic mass is 10.1. The molecule has 0 aromatic heterocycles. The molecular formula is C9H9BrNO2-. The van der Waals surface area contributed by atoms with Gasteiger partial charge < -0.3 is 9.90 Å². The molecule has 0 heterocycles. The van der Waals surface area contributed by atoms with Crippen molar-refractivity contribution in [1.82, 2.24) is 4.34 Å². The van der Waals surface area contributed by atoms with E-state index in [0.717, 1.165) is 5.56 Å². The Bertz CT molecular complexity index is 276. The molecule has 0 amide bonds. The van der Waals surface area contributed by atoms with Crippen molar-refractivity contribution in [2.75, 3.05) is 0 Å². The molecule has 0 aliphatic heterocycles. The first-order valence-electron chi connectivity index (χ1n) is 3.85. The summed E-state index contributed by atoms with van der Waals surface area (Å²) in [5.74, 6) is -1.11. The van der Waals surface area contributed by atoms with Gasteiger partial charge in [0.05, 0.1) is 12.0 Å². The van der Waals surface area contributed by atoms with E-state index < -0.39 is 12.0 Å². The van der Waals surface area contributed by atoms with E-state index in [1.54, 1.807) is 0 Å². The number of carbonyl (C=O) groups is 1. The van der Waals surface area contributed by atoms with Crippen molar-refractivity contribution < 1.29 is 9.90 Å². The quantitative estimate of drug-likeness (QED) is 0.771. The Morgan fingerprint density at radius 2 is 2.08 bits per heavy atom. The van der Waals surface area contributed by atoms with Crippen LogP contribution < -0.4 is 9.45 Å². The normalized spacial score (nSPS) is 12.4. The predicted molar refractivity (Wildman–Crippen MR) is 51.0 cm³/mol. The van der Waals surface area contributed by atoms with E-state index in [2.05, 4.69) is 20.5 Å². The Labute approximate surface area is 85.1 Å². The molecular weight excluding hydrogens is 234 g/mol. The van der Waals surface area contributed by atoms with Crippen LogP contribution in [0.1, 0.15) is 5.56 Å². The van der Waals surface area contributed by atoms with Crippen molar-refractivity contribution in [2.24, 2.45) is 0 Å². The van der Waals surface area contributed by atoms with Crippen molar-refractivity contribution in [3.63, 3.8) is 0 Å². The highest BCUT2D eigenvalue weighted by molar-refractivity contribution is 9.08. The Kier molecular flexibility index (Phi) is 3.92. The molecule has 0 radical (unpaired) electrons. The minimum Gasteiger partial charge on any atom is -0.548 e. The van der Waals surface area contributed by atoms with Gasteiger partial charge >= 0.3 is 0 Å². The van der Waals surface area contributed by atoms with E-state index in [1.165, 1.54) is 0 Å². The molecule has 4 heteroatoms. The molecule has 13 heavy (non-hydrogen) atoms. The molecule has 1 atom stereocenters. The Balaban J connectivity index is 2.62. The molecule has 3 nitrogen and oxygen atoms in total. The van der Waals surface area contributed by atoms with Crippen LogP contribution in [0.25, 0.3) is 0 Å².